The van der Waals surface area contributed by atoms with Crippen LogP contribution >= 0.6 is 0 Å². The summed E-state index contributed by atoms with van der Waals surface area (Å²) in [6, 6.07) is 4.59. The molecule has 122 valence electrons. The van der Waals surface area contributed by atoms with Crippen LogP contribution in [0.5, 0.6) is 0 Å². The van der Waals surface area contributed by atoms with E-state index >= 15 is 0 Å². The Labute approximate surface area is 139 Å². The molecule has 1 saturated heterocycles. The summed E-state index contributed by atoms with van der Waals surface area (Å²) in [6.07, 6.45) is 12.7. The molecule has 24 heavy (non-hydrogen) atoms. The smallest absolute Gasteiger partial charge is 0.150 e. The molecule has 1 aromatic heterocycles. The molecule has 0 aromatic carbocycles. The van der Waals surface area contributed by atoms with Crippen molar-refractivity contribution in [2.24, 2.45) is 15.0 Å². The first-order chi connectivity index (χ1) is 11.8. The average molecular weight is 320 g/mol. The molecule has 0 amide bonds. The van der Waals surface area contributed by atoms with Crippen molar-refractivity contribution in [1.29, 1.82) is 0 Å². The van der Waals surface area contributed by atoms with E-state index in [0.717, 1.165) is 53.8 Å². The Morgan fingerprint density at radius 1 is 1.00 bits per heavy atom. The van der Waals surface area contributed by atoms with E-state index in [2.05, 4.69) is 49.9 Å². The van der Waals surface area contributed by atoms with Gasteiger partial charge < -0.3 is 10.3 Å². The second-order valence-electron chi connectivity index (χ2n) is 6.68. The van der Waals surface area contributed by atoms with Gasteiger partial charge in [-0.15, -0.1) is 0 Å². The predicted octanol–water partition coefficient (Wildman–Crippen LogP) is 0.185. The van der Waals surface area contributed by atoms with Gasteiger partial charge in [0, 0.05) is 23.2 Å². The number of aromatic amines is 1. The number of H-pyrrole nitrogens is 1. The molecule has 0 radical (unpaired) electrons. The van der Waals surface area contributed by atoms with Crippen molar-refractivity contribution >= 4 is 29.5 Å². The molecule has 3 atom stereocenters. The summed E-state index contributed by atoms with van der Waals surface area (Å²) in [5, 5.41) is 9.38. The van der Waals surface area contributed by atoms with E-state index in [-0.39, 0.29) is 6.17 Å². The third-order valence-electron chi connectivity index (χ3n) is 4.81. The lowest BCUT2D eigenvalue weighted by atomic mass is 10.2. The summed E-state index contributed by atoms with van der Waals surface area (Å²) in [5.74, 6) is 1.83. The van der Waals surface area contributed by atoms with Gasteiger partial charge in [0.2, 0.25) is 0 Å². The van der Waals surface area contributed by atoms with Gasteiger partial charge in [0.1, 0.15) is 17.8 Å². The fraction of sp³-hybridized carbons (Fsp3) is 0.389. The number of fused-ring (bicyclic) bond motifs is 6. The number of allylic oxidation sites excluding steroid dienone is 1. The third-order valence-corrected chi connectivity index (χ3v) is 4.81. The fourth-order valence-corrected chi connectivity index (χ4v) is 3.65. The van der Waals surface area contributed by atoms with Crippen LogP contribution in [0.2, 0.25) is 0 Å². The van der Waals surface area contributed by atoms with Crippen molar-refractivity contribution in [3.63, 3.8) is 0 Å². The topological polar surface area (TPSA) is 76.9 Å². The molecule has 0 aliphatic carbocycles. The SMILES string of the molecule is C1=CC2=NC3CCC(=N3)NC3CCC(C=c4ccc([nH]4)=CC1=N2)N3. The van der Waals surface area contributed by atoms with E-state index in [1.165, 1.54) is 0 Å². The van der Waals surface area contributed by atoms with Crippen LogP contribution in [-0.4, -0.2) is 40.7 Å². The second kappa shape index (κ2) is 5.56. The van der Waals surface area contributed by atoms with E-state index in [1.54, 1.807) is 0 Å². The Bertz CT molecular complexity index is 900. The highest BCUT2D eigenvalue weighted by Gasteiger charge is 2.25. The molecule has 0 spiro atoms. The first kappa shape index (κ1) is 13.9. The monoisotopic (exact) mass is 320 g/mol. The summed E-state index contributed by atoms with van der Waals surface area (Å²) in [4.78, 5) is 17.4. The highest BCUT2D eigenvalue weighted by Crippen LogP contribution is 2.17. The number of aromatic nitrogens is 1. The van der Waals surface area contributed by atoms with Gasteiger partial charge in [-0.2, -0.15) is 0 Å². The molecule has 5 rings (SSSR count). The number of amidine groups is 2. The molecule has 3 unspecified atom stereocenters. The van der Waals surface area contributed by atoms with Gasteiger partial charge in [0.05, 0.1) is 11.9 Å². The molecular formula is C18H20N6. The van der Waals surface area contributed by atoms with Crippen molar-refractivity contribution in [2.75, 3.05) is 0 Å². The molecular weight excluding hydrogens is 300 g/mol. The molecule has 6 nitrogen and oxygen atoms in total. The number of nitrogens with one attached hydrogen (secondary N) is 3. The van der Waals surface area contributed by atoms with Crippen LogP contribution in [-0.2, 0) is 0 Å². The van der Waals surface area contributed by atoms with Gasteiger partial charge >= 0.3 is 0 Å². The predicted molar refractivity (Wildman–Crippen MR) is 96.5 cm³/mol. The quantitative estimate of drug-likeness (QED) is 0.638. The van der Waals surface area contributed by atoms with Crippen molar-refractivity contribution in [3.8, 4) is 0 Å². The summed E-state index contributed by atoms with van der Waals surface area (Å²) in [7, 11) is 0. The van der Waals surface area contributed by atoms with Crippen LogP contribution in [0.1, 0.15) is 25.7 Å². The zero-order valence-electron chi connectivity index (χ0n) is 13.4. The molecule has 3 N–H and O–H groups in total. The highest BCUT2D eigenvalue weighted by atomic mass is 15.2. The Morgan fingerprint density at radius 2 is 1.96 bits per heavy atom. The number of nitrogens with zero attached hydrogens (tertiary/aromatic N) is 3. The van der Waals surface area contributed by atoms with Gasteiger partial charge in [-0.1, -0.05) is 0 Å². The first-order valence-corrected chi connectivity index (χ1v) is 8.63. The Hall–Kier alpha value is -2.47. The summed E-state index contributed by atoms with van der Waals surface area (Å²) < 4.78 is 0. The van der Waals surface area contributed by atoms with Crippen molar-refractivity contribution in [2.45, 2.75) is 44.1 Å². The lowest BCUT2D eigenvalue weighted by Crippen LogP contribution is -2.43. The van der Waals surface area contributed by atoms with Crippen LogP contribution in [0.25, 0.3) is 12.2 Å². The van der Waals surface area contributed by atoms with Gasteiger partial charge in [0.15, 0.2) is 0 Å². The number of hydrogen-bond acceptors (Lipinski definition) is 5. The largest absolute Gasteiger partial charge is 0.358 e. The van der Waals surface area contributed by atoms with Gasteiger partial charge in [0.25, 0.3) is 0 Å². The Morgan fingerprint density at radius 3 is 2.96 bits per heavy atom. The van der Waals surface area contributed by atoms with Crippen molar-refractivity contribution in [1.82, 2.24) is 15.6 Å². The summed E-state index contributed by atoms with van der Waals surface area (Å²) >= 11 is 0. The third kappa shape index (κ3) is 2.73. The Balaban J connectivity index is 1.56. The Kier molecular flexibility index (Phi) is 3.23. The zero-order valence-corrected chi connectivity index (χ0v) is 13.4. The van der Waals surface area contributed by atoms with Gasteiger partial charge in [-0.05, 0) is 55.7 Å². The average Bonchev–Trinajstić information content (AvgIpc) is 3.32. The van der Waals surface area contributed by atoms with E-state index in [9.17, 15) is 0 Å². The summed E-state index contributed by atoms with van der Waals surface area (Å²) in [5.41, 5.74) is 0.925. The minimum Gasteiger partial charge on any atom is -0.358 e. The van der Waals surface area contributed by atoms with E-state index < -0.39 is 0 Å². The van der Waals surface area contributed by atoms with Crippen LogP contribution in [0, 0.1) is 0 Å². The molecule has 6 heteroatoms. The van der Waals surface area contributed by atoms with E-state index in [4.69, 9.17) is 4.99 Å². The standard InChI is InChI=1S/C18H20N6/c1-2-12-10-14-4-6-16(21-14)23-18-8-7-17(24-18)22-15-5-3-13(20-15)9-11(1)19-12/h1-3,5,9-10,14,16-17,19,21H,4,6-8H2,(H,23,24). The number of aliphatic imine (C=N–C) groups is 3. The van der Waals surface area contributed by atoms with E-state index in [1.807, 2.05) is 12.2 Å². The van der Waals surface area contributed by atoms with Crippen LogP contribution in [0.15, 0.2) is 39.3 Å². The van der Waals surface area contributed by atoms with Crippen LogP contribution in [0.4, 0.5) is 0 Å². The van der Waals surface area contributed by atoms with E-state index in [0.29, 0.717) is 12.2 Å². The lowest BCUT2D eigenvalue weighted by Gasteiger charge is -2.15. The molecule has 8 bridgehead atoms. The number of hydrogen-bond donors (Lipinski definition) is 3. The zero-order chi connectivity index (χ0) is 15.9. The molecule has 0 saturated carbocycles. The van der Waals surface area contributed by atoms with Crippen molar-refractivity contribution in [3.05, 3.63) is 35.0 Å². The van der Waals surface area contributed by atoms with Crippen LogP contribution in [0.3, 0.4) is 0 Å². The molecule has 1 aromatic rings. The number of rotatable bonds is 0. The van der Waals surface area contributed by atoms with Gasteiger partial charge in [-0.25, -0.2) is 15.0 Å². The maximum Gasteiger partial charge on any atom is 0.150 e. The minimum atomic E-state index is -0.0102. The normalized spacial score (nSPS) is 30.8. The molecule has 5 heterocycles. The minimum absolute atomic E-state index is 0.0102. The molecule has 4 aliphatic rings. The molecule has 4 aliphatic heterocycles. The molecule has 1 fully saturated rings. The van der Waals surface area contributed by atoms with Gasteiger partial charge in [-0.3, -0.25) is 5.32 Å². The fourth-order valence-electron chi connectivity index (χ4n) is 3.65. The van der Waals surface area contributed by atoms with Crippen molar-refractivity contribution < 1.29 is 0 Å². The first-order valence-electron chi connectivity index (χ1n) is 8.63. The highest BCUT2D eigenvalue weighted by molar-refractivity contribution is 6.27. The summed E-state index contributed by atoms with van der Waals surface area (Å²) in [6.45, 7) is 0. The maximum atomic E-state index is 4.71. The van der Waals surface area contributed by atoms with Crippen LogP contribution < -0.4 is 21.3 Å². The maximum absolute atomic E-state index is 4.71. The second-order valence-corrected chi connectivity index (χ2v) is 6.68. The lowest BCUT2D eigenvalue weighted by molar-refractivity contribution is 0.553.